The molecule has 0 unspecified atom stereocenters. The van der Waals surface area contributed by atoms with E-state index in [2.05, 4.69) is 0 Å². The van der Waals surface area contributed by atoms with Crippen LogP contribution in [-0.2, 0) is 12.7 Å². The van der Waals surface area contributed by atoms with E-state index >= 15 is 0 Å². The molecule has 88 valence electrons. The van der Waals surface area contributed by atoms with Gasteiger partial charge in [0.15, 0.2) is 18.9 Å². The van der Waals surface area contributed by atoms with Crippen molar-refractivity contribution in [2.45, 2.75) is 12.7 Å². The summed E-state index contributed by atoms with van der Waals surface area (Å²) in [7, 11) is 0. The van der Waals surface area contributed by atoms with Crippen molar-refractivity contribution in [3.63, 3.8) is 0 Å². The molecule has 0 amide bonds. The third-order valence-corrected chi connectivity index (χ3v) is 2.42. The Labute approximate surface area is 97.1 Å². The molecule has 0 atom stereocenters. The molecule has 1 aromatic heterocycles. The summed E-state index contributed by atoms with van der Waals surface area (Å²) in [6.45, 7) is 0.568. The van der Waals surface area contributed by atoms with Crippen LogP contribution in [0.2, 0.25) is 0 Å². The lowest BCUT2D eigenvalue weighted by Crippen LogP contribution is -2.32. The fourth-order valence-electron chi connectivity index (χ4n) is 1.55. The van der Waals surface area contributed by atoms with E-state index in [-0.39, 0.29) is 0 Å². The third-order valence-electron chi connectivity index (χ3n) is 2.42. The van der Waals surface area contributed by atoms with Crippen molar-refractivity contribution in [3.8, 4) is 0 Å². The molecule has 1 heterocycles. The molecule has 0 aliphatic carbocycles. The van der Waals surface area contributed by atoms with Crippen LogP contribution < -0.4 is 4.57 Å². The molecule has 0 aliphatic heterocycles. The minimum absolute atomic E-state index is 0.568. The lowest BCUT2D eigenvalue weighted by molar-refractivity contribution is -0.688. The van der Waals surface area contributed by atoms with Crippen LogP contribution in [-0.4, -0.2) is 0 Å². The van der Waals surface area contributed by atoms with Gasteiger partial charge < -0.3 is 0 Å². The second kappa shape index (κ2) is 4.57. The zero-order valence-corrected chi connectivity index (χ0v) is 8.98. The summed E-state index contributed by atoms with van der Waals surface area (Å²) in [5.74, 6) is 0. The van der Waals surface area contributed by atoms with Gasteiger partial charge in [-0.2, -0.15) is 13.2 Å². The van der Waals surface area contributed by atoms with Crippen molar-refractivity contribution in [2.24, 2.45) is 0 Å². The van der Waals surface area contributed by atoms with Crippen molar-refractivity contribution in [3.05, 3.63) is 66.0 Å². The van der Waals surface area contributed by atoms with Crippen LogP contribution in [0.4, 0.5) is 13.2 Å². The number of hydrogen-bond acceptors (Lipinski definition) is 0. The van der Waals surface area contributed by atoms with E-state index in [0.717, 1.165) is 17.7 Å². The second-order valence-electron chi connectivity index (χ2n) is 3.74. The SMILES string of the molecule is FC(F)(F)c1ccc(C[n+]2ccccc2)cc1. The summed E-state index contributed by atoms with van der Waals surface area (Å²) in [5, 5.41) is 0. The van der Waals surface area contributed by atoms with Crippen molar-refractivity contribution < 1.29 is 17.7 Å². The largest absolute Gasteiger partial charge is 0.416 e. The standard InChI is InChI=1S/C13H11F3N/c14-13(15,16)12-6-4-11(5-7-12)10-17-8-2-1-3-9-17/h1-9H,10H2/q+1. The predicted molar refractivity (Wildman–Crippen MR) is 57.2 cm³/mol. The highest BCUT2D eigenvalue weighted by Crippen LogP contribution is 2.28. The van der Waals surface area contributed by atoms with Crippen LogP contribution in [0.1, 0.15) is 11.1 Å². The van der Waals surface area contributed by atoms with Gasteiger partial charge in [-0.05, 0) is 12.1 Å². The zero-order valence-electron chi connectivity index (χ0n) is 8.98. The highest BCUT2D eigenvalue weighted by molar-refractivity contribution is 5.23. The molecule has 4 heteroatoms. The first-order valence-corrected chi connectivity index (χ1v) is 5.16. The van der Waals surface area contributed by atoms with Crippen LogP contribution in [0, 0.1) is 0 Å². The first kappa shape index (κ1) is 11.6. The summed E-state index contributed by atoms with van der Waals surface area (Å²) in [5.41, 5.74) is 0.230. The average molecular weight is 238 g/mol. The van der Waals surface area contributed by atoms with Crippen molar-refractivity contribution in [2.75, 3.05) is 0 Å². The molecule has 0 fully saturated rings. The quantitative estimate of drug-likeness (QED) is 0.708. The maximum atomic E-state index is 12.3. The number of hydrogen-bond donors (Lipinski definition) is 0. The summed E-state index contributed by atoms with van der Waals surface area (Å²) < 4.78 is 38.9. The molecule has 0 aliphatic rings. The first-order chi connectivity index (χ1) is 8.05. The Hall–Kier alpha value is -1.84. The van der Waals surface area contributed by atoms with Gasteiger partial charge in [0.05, 0.1) is 5.56 Å². The van der Waals surface area contributed by atoms with E-state index < -0.39 is 11.7 Å². The molecular formula is C13H11F3N+. The van der Waals surface area contributed by atoms with Gasteiger partial charge >= 0.3 is 6.18 Å². The fourth-order valence-corrected chi connectivity index (χ4v) is 1.55. The molecule has 1 nitrogen and oxygen atoms in total. The molecule has 0 bridgehead atoms. The maximum Gasteiger partial charge on any atom is 0.416 e. The van der Waals surface area contributed by atoms with Crippen LogP contribution in [0.15, 0.2) is 54.9 Å². The zero-order chi connectivity index (χ0) is 12.3. The smallest absolute Gasteiger partial charge is 0.201 e. The Morgan fingerprint density at radius 3 is 2.00 bits per heavy atom. The Morgan fingerprint density at radius 2 is 1.47 bits per heavy atom. The van der Waals surface area contributed by atoms with E-state index in [9.17, 15) is 13.2 Å². The monoisotopic (exact) mass is 238 g/mol. The van der Waals surface area contributed by atoms with Gasteiger partial charge in [-0.3, -0.25) is 0 Å². The molecule has 1 aromatic carbocycles. The lowest BCUT2D eigenvalue weighted by atomic mass is 10.1. The lowest BCUT2D eigenvalue weighted by Gasteiger charge is -2.06. The summed E-state index contributed by atoms with van der Waals surface area (Å²) in [6, 6.07) is 10.9. The minimum Gasteiger partial charge on any atom is -0.201 e. The van der Waals surface area contributed by atoms with Gasteiger partial charge in [0.1, 0.15) is 0 Å². The van der Waals surface area contributed by atoms with Crippen molar-refractivity contribution in [1.29, 1.82) is 0 Å². The third kappa shape index (κ3) is 3.06. The topological polar surface area (TPSA) is 3.88 Å². The number of rotatable bonds is 2. The van der Waals surface area contributed by atoms with Gasteiger partial charge in [-0.1, -0.05) is 18.2 Å². The van der Waals surface area contributed by atoms with Crippen LogP contribution in [0.25, 0.3) is 0 Å². The number of benzene rings is 1. The predicted octanol–water partition coefficient (Wildman–Crippen LogP) is 3.04. The molecule has 2 rings (SSSR count). The average Bonchev–Trinajstić information content (AvgIpc) is 2.30. The highest BCUT2D eigenvalue weighted by atomic mass is 19.4. The van der Waals surface area contributed by atoms with E-state index in [1.54, 1.807) is 0 Å². The van der Waals surface area contributed by atoms with Gasteiger partial charge in [0, 0.05) is 17.7 Å². The Morgan fingerprint density at radius 1 is 0.882 bits per heavy atom. The minimum atomic E-state index is -4.27. The maximum absolute atomic E-state index is 12.3. The fraction of sp³-hybridized carbons (Fsp3) is 0.154. The summed E-state index contributed by atoms with van der Waals surface area (Å²) >= 11 is 0. The van der Waals surface area contributed by atoms with Gasteiger partial charge in [-0.15, -0.1) is 0 Å². The molecule has 2 aromatic rings. The van der Waals surface area contributed by atoms with Gasteiger partial charge in [0.25, 0.3) is 0 Å². The molecule has 0 radical (unpaired) electrons. The number of pyridine rings is 1. The Kier molecular flexibility index (Phi) is 3.13. The number of halogens is 3. The Bertz CT molecular complexity index is 474. The van der Waals surface area contributed by atoms with E-state index in [4.69, 9.17) is 0 Å². The van der Waals surface area contributed by atoms with Gasteiger partial charge in [-0.25, -0.2) is 4.57 Å². The first-order valence-electron chi connectivity index (χ1n) is 5.16. The Balaban J connectivity index is 2.14. The van der Waals surface area contributed by atoms with Crippen LogP contribution >= 0.6 is 0 Å². The van der Waals surface area contributed by atoms with Crippen LogP contribution in [0.5, 0.6) is 0 Å². The molecule has 0 saturated heterocycles. The van der Waals surface area contributed by atoms with E-state index in [1.165, 1.54) is 12.1 Å². The molecule has 0 N–H and O–H groups in total. The van der Waals surface area contributed by atoms with E-state index in [1.807, 2.05) is 35.2 Å². The number of alkyl halides is 3. The van der Waals surface area contributed by atoms with Gasteiger partial charge in [0.2, 0.25) is 0 Å². The molecule has 0 spiro atoms. The van der Waals surface area contributed by atoms with Crippen molar-refractivity contribution >= 4 is 0 Å². The summed E-state index contributed by atoms with van der Waals surface area (Å²) in [6.07, 6.45) is -0.520. The van der Waals surface area contributed by atoms with E-state index in [0.29, 0.717) is 6.54 Å². The number of nitrogens with zero attached hydrogens (tertiary/aromatic N) is 1. The van der Waals surface area contributed by atoms with Crippen molar-refractivity contribution in [1.82, 2.24) is 0 Å². The normalized spacial score (nSPS) is 11.5. The molecule has 0 saturated carbocycles. The summed E-state index contributed by atoms with van der Waals surface area (Å²) in [4.78, 5) is 0. The van der Waals surface area contributed by atoms with Crippen LogP contribution in [0.3, 0.4) is 0 Å². The molecule has 17 heavy (non-hydrogen) atoms. The molecular weight excluding hydrogens is 227 g/mol. The number of aromatic nitrogens is 1. The highest BCUT2D eigenvalue weighted by Gasteiger charge is 2.29. The second-order valence-corrected chi connectivity index (χ2v) is 3.74.